The number of aliphatic carboxylic acids is 1. The van der Waals surface area contributed by atoms with Gasteiger partial charge in [0.1, 0.15) is 0 Å². The van der Waals surface area contributed by atoms with Crippen molar-refractivity contribution in [3.8, 4) is 0 Å². The zero-order valence-electron chi connectivity index (χ0n) is 10.5. The summed E-state index contributed by atoms with van der Waals surface area (Å²) in [7, 11) is 0. The van der Waals surface area contributed by atoms with Gasteiger partial charge in [-0.3, -0.25) is 9.69 Å². The molecule has 1 unspecified atom stereocenters. The summed E-state index contributed by atoms with van der Waals surface area (Å²) in [5.41, 5.74) is 0. The summed E-state index contributed by atoms with van der Waals surface area (Å²) in [4.78, 5) is 13.1. The number of carbonyl (C=O) groups is 1. The van der Waals surface area contributed by atoms with Crippen molar-refractivity contribution in [3.05, 3.63) is 0 Å². The van der Waals surface area contributed by atoms with Crippen LogP contribution in [0.15, 0.2) is 0 Å². The van der Waals surface area contributed by atoms with Gasteiger partial charge in [-0.2, -0.15) is 0 Å². The van der Waals surface area contributed by atoms with Crippen LogP contribution in [0.4, 0.5) is 0 Å². The molecule has 2 rings (SSSR count). The van der Waals surface area contributed by atoms with E-state index in [0.717, 1.165) is 26.1 Å². The van der Waals surface area contributed by atoms with Crippen LogP contribution < -0.4 is 5.32 Å². The summed E-state index contributed by atoms with van der Waals surface area (Å²) in [5, 5.41) is 12.3. The maximum Gasteiger partial charge on any atom is 0.303 e. The fourth-order valence-corrected chi connectivity index (χ4v) is 3.03. The number of rotatable bonds is 4. The zero-order valence-corrected chi connectivity index (χ0v) is 10.5. The molecule has 98 valence electrons. The van der Waals surface area contributed by atoms with Crippen LogP contribution in [-0.2, 0) is 4.79 Å². The number of nitrogens with one attached hydrogen (secondary N) is 1. The Morgan fingerprint density at radius 1 is 1.24 bits per heavy atom. The molecular weight excluding hydrogens is 216 g/mol. The summed E-state index contributed by atoms with van der Waals surface area (Å²) >= 11 is 0. The molecule has 4 heteroatoms. The van der Waals surface area contributed by atoms with Crippen molar-refractivity contribution in [1.82, 2.24) is 10.2 Å². The molecule has 2 fully saturated rings. The van der Waals surface area contributed by atoms with Gasteiger partial charge in [0, 0.05) is 6.42 Å². The number of hydrogen-bond acceptors (Lipinski definition) is 3. The number of piperidine rings is 2. The third-order valence-electron chi connectivity index (χ3n) is 4.14. The molecule has 0 saturated carbocycles. The van der Waals surface area contributed by atoms with Crippen LogP contribution in [0.5, 0.6) is 0 Å². The molecule has 2 aliphatic rings. The highest BCUT2D eigenvalue weighted by atomic mass is 16.4. The summed E-state index contributed by atoms with van der Waals surface area (Å²) in [6, 6.07) is 0. The van der Waals surface area contributed by atoms with Gasteiger partial charge in [0.25, 0.3) is 0 Å². The third-order valence-corrected chi connectivity index (χ3v) is 4.14. The lowest BCUT2D eigenvalue weighted by Crippen LogP contribution is -2.51. The molecule has 0 aliphatic carbocycles. The third kappa shape index (κ3) is 3.96. The standard InChI is InChI=1S/C13H24N2O2/c16-13(17)5-4-11-6-9-15(10-7-11)12-3-1-2-8-14-12/h11-12,14H,1-10H2,(H,16,17). The van der Waals surface area contributed by atoms with E-state index in [9.17, 15) is 4.79 Å². The molecule has 1 atom stereocenters. The summed E-state index contributed by atoms with van der Waals surface area (Å²) < 4.78 is 0. The molecule has 2 heterocycles. The second-order valence-corrected chi connectivity index (χ2v) is 5.38. The van der Waals surface area contributed by atoms with E-state index in [0.29, 0.717) is 18.5 Å². The first kappa shape index (κ1) is 12.8. The van der Waals surface area contributed by atoms with Crippen LogP contribution in [0.1, 0.15) is 44.9 Å². The molecule has 2 aliphatic heterocycles. The molecule has 0 aromatic carbocycles. The van der Waals surface area contributed by atoms with Crippen molar-refractivity contribution in [3.63, 3.8) is 0 Å². The maximum absolute atomic E-state index is 10.5. The number of carboxylic acid groups (broad SMARTS) is 1. The molecule has 0 aromatic heterocycles. The fraction of sp³-hybridized carbons (Fsp3) is 0.923. The fourth-order valence-electron chi connectivity index (χ4n) is 3.03. The second-order valence-electron chi connectivity index (χ2n) is 5.38. The highest BCUT2D eigenvalue weighted by Crippen LogP contribution is 2.24. The molecule has 2 N–H and O–H groups in total. The van der Waals surface area contributed by atoms with E-state index < -0.39 is 5.97 Å². The quantitative estimate of drug-likeness (QED) is 0.785. The van der Waals surface area contributed by atoms with Gasteiger partial charge < -0.3 is 10.4 Å². The van der Waals surface area contributed by atoms with Crippen LogP contribution in [0.3, 0.4) is 0 Å². The Kier molecular flexibility index (Phi) is 4.80. The topological polar surface area (TPSA) is 52.6 Å². The predicted octanol–water partition coefficient (Wildman–Crippen LogP) is 1.66. The Balaban J connectivity index is 1.68. The summed E-state index contributed by atoms with van der Waals surface area (Å²) in [5.74, 6) is -0.0210. The average Bonchev–Trinajstić information content (AvgIpc) is 2.38. The van der Waals surface area contributed by atoms with Gasteiger partial charge in [0.2, 0.25) is 0 Å². The first-order valence-electron chi connectivity index (χ1n) is 6.95. The van der Waals surface area contributed by atoms with Crippen LogP contribution >= 0.6 is 0 Å². The highest BCUT2D eigenvalue weighted by molar-refractivity contribution is 5.66. The predicted molar refractivity (Wildman–Crippen MR) is 66.8 cm³/mol. The van der Waals surface area contributed by atoms with E-state index in [2.05, 4.69) is 10.2 Å². The molecule has 4 nitrogen and oxygen atoms in total. The largest absolute Gasteiger partial charge is 0.481 e. The minimum Gasteiger partial charge on any atom is -0.481 e. The Morgan fingerprint density at radius 3 is 2.59 bits per heavy atom. The lowest BCUT2D eigenvalue weighted by atomic mass is 9.91. The second kappa shape index (κ2) is 6.36. The van der Waals surface area contributed by atoms with E-state index in [1.807, 2.05) is 0 Å². The highest BCUT2D eigenvalue weighted by Gasteiger charge is 2.25. The van der Waals surface area contributed by atoms with E-state index in [-0.39, 0.29) is 0 Å². The molecule has 0 aromatic rings. The molecule has 0 bridgehead atoms. The van der Waals surface area contributed by atoms with Crippen molar-refractivity contribution in [1.29, 1.82) is 0 Å². The Labute approximate surface area is 103 Å². The van der Waals surface area contributed by atoms with E-state index in [4.69, 9.17) is 5.11 Å². The number of nitrogens with zero attached hydrogens (tertiary/aromatic N) is 1. The van der Waals surface area contributed by atoms with Crippen LogP contribution in [-0.4, -0.2) is 41.8 Å². The summed E-state index contributed by atoms with van der Waals surface area (Å²) in [6.45, 7) is 3.44. The minimum absolute atomic E-state index is 0.340. The zero-order chi connectivity index (χ0) is 12.1. The first-order valence-corrected chi connectivity index (χ1v) is 6.95. The lowest BCUT2D eigenvalue weighted by Gasteiger charge is -2.39. The normalized spacial score (nSPS) is 28.1. The Morgan fingerprint density at radius 2 is 2.00 bits per heavy atom. The van der Waals surface area contributed by atoms with Crippen molar-refractivity contribution in [2.75, 3.05) is 19.6 Å². The van der Waals surface area contributed by atoms with Crippen LogP contribution in [0, 0.1) is 5.92 Å². The molecule has 2 saturated heterocycles. The molecule has 0 spiro atoms. The van der Waals surface area contributed by atoms with Crippen LogP contribution in [0.25, 0.3) is 0 Å². The van der Waals surface area contributed by atoms with Gasteiger partial charge in [-0.05, 0) is 64.1 Å². The monoisotopic (exact) mass is 240 g/mol. The minimum atomic E-state index is -0.652. The lowest BCUT2D eigenvalue weighted by molar-refractivity contribution is -0.137. The van der Waals surface area contributed by atoms with Crippen molar-refractivity contribution < 1.29 is 9.90 Å². The van der Waals surface area contributed by atoms with E-state index in [1.165, 1.54) is 32.1 Å². The number of hydrogen-bond donors (Lipinski definition) is 2. The van der Waals surface area contributed by atoms with E-state index >= 15 is 0 Å². The number of carboxylic acids is 1. The smallest absolute Gasteiger partial charge is 0.303 e. The Bertz CT molecular complexity index is 244. The maximum atomic E-state index is 10.5. The molecule has 17 heavy (non-hydrogen) atoms. The molecular formula is C13H24N2O2. The van der Waals surface area contributed by atoms with Crippen molar-refractivity contribution >= 4 is 5.97 Å². The van der Waals surface area contributed by atoms with Crippen LogP contribution in [0.2, 0.25) is 0 Å². The van der Waals surface area contributed by atoms with Crippen molar-refractivity contribution in [2.45, 2.75) is 51.1 Å². The van der Waals surface area contributed by atoms with Crippen molar-refractivity contribution in [2.24, 2.45) is 5.92 Å². The van der Waals surface area contributed by atoms with E-state index in [1.54, 1.807) is 0 Å². The van der Waals surface area contributed by atoms with Gasteiger partial charge in [-0.25, -0.2) is 0 Å². The average molecular weight is 240 g/mol. The first-order chi connectivity index (χ1) is 8.25. The SMILES string of the molecule is O=C(O)CCC1CCN(C2CCCCN2)CC1. The number of likely N-dealkylation sites (tertiary alicyclic amines) is 1. The molecule has 0 amide bonds. The van der Waals surface area contributed by atoms with Gasteiger partial charge in [-0.1, -0.05) is 0 Å². The molecule has 0 radical (unpaired) electrons. The summed E-state index contributed by atoms with van der Waals surface area (Å²) in [6.07, 6.45) is 8.07. The Hall–Kier alpha value is -0.610. The van der Waals surface area contributed by atoms with Gasteiger partial charge in [-0.15, -0.1) is 0 Å². The van der Waals surface area contributed by atoms with Gasteiger partial charge >= 0.3 is 5.97 Å². The van der Waals surface area contributed by atoms with Gasteiger partial charge in [0.15, 0.2) is 0 Å². The van der Waals surface area contributed by atoms with Gasteiger partial charge in [0.05, 0.1) is 6.17 Å².